The van der Waals surface area contributed by atoms with Crippen LogP contribution in [0.15, 0.2) is 48.7 Å². The van der Waals surface area contributed by atoms with Gasteiger partial charge in [0.1, 0.15) is 0 Å². The number of rotatable bonds is 3. The first-order valence-electron chi connectivity index (χ1n) is 8.69. The molecule has 1 atom stereocenters. The Labute approximate surface area is 148 Å². The summed E-state index contributed by atoms with van der Waals surface area (Å²) < 4.78 is 0. The fourth-order valence-corrected chi connectivity index (χ4v) is 3.63. The molecule has 0 unspecified atom stereocenters. The number of nitrogens with zero attached hydrogens (tertiary/aromatic N) is 4. The molecule has 1 aromatic heterocycles. The Morgan fingerprint density at radius 2 is 1.92 bits per heavy atom. The van der Waals surface area contributed by atoms with E-state index in [-0.39, 0.29) is 11.6 Å². The van der Waals surface area contributed by atoms with E-state index in [1.807, 2.05) is 12.1 Å². The first-order chi connectivity index (χ1) is 12.1. The lowest BCUT2D eigenvalue weighted by Crippen LogP contribution is -2.44. The average molecular weight is 339 g/mol. The van der Waals surface area contributed by atoms with Crippen molar-refractivity contribution in [1.82, 2.24) is 20.4 Å². The molecule has 1 aliphatic heterocycles. The van der Waals surface area contributed by atoms with Gasteiger partial charge in [0.05, 0.1) is 0 Å². The number of amides is 2. The lowest BCUT2D eigenvalue weighted by Gasteiger charge is -2.41. The Morgan fingerprint density at radius 3 is 2.60 bits per heavy atom. The lowest BCUT2D eigenvalue weighted by atomic mass is 9.81. The van der Waals surface area contributed by atoms with E-state index in [1.165, 1.54) is 5.56 Å². The number of benzene rings is 1. The molecule has 0 aliphatic carbocycles. The topological polar surface area (TPSA) is 61.4 Å². The predicted octanol–water partition coefficient (Wildman–Crippen LogP) is 2.63. The highest BCUT2D eigenvalue weighted by atomic mass is 16.2. The number of aromatic nitrogens is 2. The van der Waals surface area contributed by atoms with Gasteiger partial charge >= 0.3 is 6.03 Å². The minimum absolute atomic E-state index is 0.0904. The summed E-state index contributed by atoms with van der Waals surface area (Å²) in [7, 11) is 4.24. The van der Waals surface area contributed by atoms with Crippen LogP contribution in [0.1, 0.15) is 24.8 Å². The standard InChI is InChI=1S/C19H25N5O/c1-23(2)19(16-8-4-3-5-9-16)11-7-15-24(18(25)20-14-12-19)17-10-6-13-21-22-17/h3-6,8-10,13H,7,11-12,14-15H2,1-2H3,(H,20,25)/t19-/m0/s1. The van der Waals surface area contributed by atoms with Crippen LogP contribution in [0.3, 0.4) is 0 Å². The van der Waals surface area contributed by atoms with E-state index in [4.69, 9.17) is 0 Å². The molecule has 3 rings (SSSR count). The van der Waals surface area contributed by atoms with Gasteiger partial charge in [-0.3, -0.25) is 9.80 Å². The van der Waals surface area contributed by atoms with Gasteiger partial charge < -0.3 is 5.32 Å². The summed E-state index contributed by atoms with van der Waals surface area (Å²) in [6, 6.07) is 14.1. The van der Waals surface area contributed by atoms with Gasteiger partial charge in [0.25, 0.3) is 0 Å². The Morgan fingerprint density at radius 1 is 1.12 bits per heavy atom. The van der Waals surface area contributed by atoms with Gasteiger partial charge in [-0.25, -0.2) is 4.79 Å². The van der Waals surface area contributed by atoms with Crippen molar-refractivity contribution in [3.63, 3.8) is 0 Å². The summed E-state index contributed by atoms with van der Waals surface area (Å²) in [4.78, 5) is 16.5. The van der Waals surface area contributed by atoms with Crippen molar-refractivity contribution in [2.45, 2.75) is 24.8 Å². The molecular formula is C19H25N5O. The highest BCUT2D eigenvalue weighted by Crippen LogP contribution is 2.35. The largest absolute Gasteiger partial charge is 0.338 e. The van der Waals surface area contributed by atoms with Crippen molar-refractivity contribution < 1.29 is 4.79 Å². The van der Waals surface area contributed by atoms with Gasteiger partial charge in [-0.05, 0) is 51.1 Å². The number of hydrogen-bond donors (Lipinski definition) is 1. The van der Waals surface area contributed by atoms with E-state index in [0.717, 1.165) is 19.3 Å². The predicted molar refractivity (Wildman–Crippen MR) is 98.4 cm³/mol. The highest BCUT2D eigenvalue weighted by Gasteiger charge is 2.35. The second kappa shape index (κ2) is 7.61. The normalized spacial score (nSPS) is 22.0. The molecule has 0 radical (unpaired) electrons. The maximum Gasteiger partial charge on any atom is 0.323 e. The molecule has 6 nitrogen and oxygen atoms in total. The molecule has 0 spiro atoms. The fourth-order valence-electron chi connectivity index (χ4n) is 3.63. The second-order valence-electron chi connectivity index (χ2n) is 6.61. The van der Waals surface area contributed by atoms with Crippen LogP contribution in [0.2, 0.25) is 0 Å². The highest BCUT2D eigenvalue weighted by molar-refractivity contribution is 5.90. The smallest absolute Gasteiger partial charge is 0.323 e. The molecule has 25 heavy (non-hydrogen) atoms. The molecular weight excluding hydrogens is 314 g/mol. The number of carbonyl (C=O) groups excluding carboxylic acids is 1. The summed E-state index contributed by atoms with van der Waals surface area (Å²) in [5, 5.41) is 11.0. The number of urea groups is 1. The summed E-state index contributed by atoms with van der Waals surface area (Å²) in [6.07, 6.45) is 4.33. The Hall–Kier alpha value is -2.47. The number of anilines is 1. The minimum Gasteiger partial charge on any atom is -0.338 e. The van der Waals surface area contributed by atoms with Gasteiger partial charge in [-0.15, -0.1) is 5.10 Å². The van der Waals surface area contributed by atoms with E-state index in [9.17, 15) is 4.79 Å². The zero-order chi connectivity index (χ0) is 17.7. The Bertz CT molecular complexity index is 691. The van der Waals surface area contributed by atoms with Crippen molar-refractivity contribution in [2.24, 2.45) is 0 Å². The van der Waals surface area contributed by atoms with Crippen molar-refractivity contribution in [2.75, 3.05) is 32.1 Å². The minimum atomic E-state index is -0.108. The third kappa shape index (κ3) is 3.64. The van der Waals surface area contributed by atoms with Crippen molar-refractivity contribution >= 4 is 11.8 Å². The summed E-state index contributed by atoms with van der Waals surface area (Å²) in [5.41, 5.74) is 1.20. The van der Waals surface area contributed by atoms with Gasteiger partial charge in [0.2, 0.25) is 0 Å². The molecule has 1 saturated heterocycles. The van der Waals surface area contributed by atoms with Crippen LogP contribution in [-0.2, 0) is 5.54 Å². The third-order valence-electron chi connectivity index (χ3n) is 5.03. The van der Waals surface area contributed by atoms with Crippen LogP contribution in [0, 0.1) is 0 Å². The Kier molecular flexibility index (Phi) is 5.28. The summed E-state index contributed by atoms with van der Waals surface area (Å²) in [5.74, 6) is 0.595. The van der Waals surface area contributed by atoms with Crippen LogP contribution in [0.4, 0.5) is 10.6 Å². The molecule has 132 valence electrons. The van der Waals surface area contributed by atoms with Crippen LogP contribution < -0.4 is 10.2 Å². The molecule has 0 saturated carbocycles. The fraction of sp³-hybridized carbons (Fsp3) is 0.421. The summed E-state index contributed by atoms with van der Waals surface area (Å²) in [6.45, 7) is 1.23. The monoisotopic (exact) mass is 339 g/mol. The third-order valence-corrected chi connectivity index (χ3v) is 5.03. The molecule has 1 aliphatic rings. The van der Waals surface area contributed by atoms with Gasteiger partial charge in [-0.2, -0.15) is 5.10 Å². The maximum atomic E-state index is 12.6. The number of hydrogen-bond acceptors (Lipinski definition) is 4. The molecule has 1 N–H and O–H groups in total. The van der Waals surface area contributed by atoms with Crippen LogP contribution >= 0.6 is 0 Å². The van der Waals surface area contributed by atoms with Crippen molar-refractivity contribution in [3.05, 3.63) is 54.2 Å². The van der Waals surface area contributed by atoms with E-state index in [0.29, 0.717) is 18.9 Å². The number of nitrogens with one attached hydrogen (secondary N) is 1. The average Bonchev–Trinajstić information content (AvgIpc) is 2.72. The van der Waals surface area contributed by atoms with Crippen molar-refractivity contribution in [3.8, 4) is 0 Å². The molecule has 2 amide bonds. The SMILES string of the molecule is CN(C)[C@@]1(c2ccccc2)CCCN(c2cccnn2)C(=O)NCC1. The van der Waals surface area contributed by atoms with Crippen LogP contribution in [0.25, 0.3) is 0 Å². The molecule has 2 heterocycles. The van der Waals surface area contributed by atoms with Crippen LogP contribution in [0.5, 0.6) is 0 Å². The lowest BCUT2D eigenvalue weighted by molar-refractivity contribution is 0.125. The zero-order valence-corrected chi connectivity index (χ0v) is 14.9. The van der Waals surface area contributed by atoms with E-state index in [2.05, 4.69) is 58.8 Å². The van der Waals surface area contributed by atoms with E-state index in [1.54, 1.807) is 17.2 Å². The van der Waals surface area contributed by atoms with Gasteiger partial charge in [0.15, 0.2) is 5.82 Å². The molecule has 0 bridgehead atoms. The zero-order valence-electron chi connectivity index (χ0n) is 14.9. The number of carbonyl (C=O) groups is 1. The van der Waals surface area contributed by atoms with Crippen molar-refractivity contribution in [1.29, 1.82) is 0 Å². The first-order valence-corrected chi connectivity index (χ1v) is 8.69. The Balaban J connectivity index is 1.86. The summed E-state index contributed by atoms with van der Waals surface area (Å²) >= 11 is 0. The molecule has 1 fully saturated rings. The van der Waals surface area contributed by atoms with Gasteiger partial charge in [-0.1, -0.05) is 30.3 Å². The molecule has 1 aromatic carbocycles. The first kappa shape index (κ1) is 17.4. The second-order valence-corrected chi connectivity index (χ2v) is 6.61. The van der Waals surface area contributed by atoms with Gasteiger partial charge in [0, 0.05) is 24.8 Å². The maximum absolute atomic E-state index is 12.6. The quantitative estimate of drug-likeness (QED) is 0.934. The van der Waals surface area contributed by atoms with Crippen LogP contribution in [-0.4, -0.2) is 48.3 Å². The van der Waals surface area contributed by atoms with E-state index >= 15 is 0 Å². The van der Waals surface area contributed by atoms with E-state index < -0.39 is 0 Å². The molecule has 2 aromatic rings. The molecule has 6 heteroatoms.